The number of nitrogens with one attached hydrogen (secondary N) is 2. The predicted octanol–water partition coefficient (Wildman–Crippen LogP) is 4.43. The summed E-state index contributed by atoms with van der Waals surface area (Å²) >= 11 is 5.95. The number of nitrogens with zero attached hydrogens (tertiary/aromatic N) is 1. The normalized spacial score (nSPS) is 10.2. The zero-order valence-electron chi connectivity index (χ0n) is 13.7. The summed E-state index contributed by atoms with van der Waals surface area (Å²) in [5, 5.41) is 9.54. The summed E-state index contributed by atoms with van der Waals surface area (Å²) in [5.74, 6) is -0.0176. The van der Waals surface area contributed by atoms with Gasteiger partial charge in [0.05, 0.1) is 7.11 Å². The van der Waals surface area contributed by atoms with Crippen molar-refractivity contribution >= 4 is 35.0 Å². The highest BCUT2D eigenvalue weighted by Crippen LogP contribution is 2.24. The van der Waals surface area contributed by atoms with Crippen LogP contribution in [0, 0.1) is 0 Å². The minimum atomic E-state index is -0.601. The first-order chi connectivity index (χ1) is 12.5. The van der Waals surface area contributed by atoms with Crippen LogP contribution in [0.5, 0.6) is 0 Å². The van der Waals surface area contributed by atoms with Crippen LogP contribution in [-0.2, 0) is 4.74 Å². The number of benzene rings is 2. The van der Waals surface area contributed by atoms with Crippen molar-refractivity contribution in [3.8, 4) is 11.3 Å². The molecule has 132 valence electrons. The number of methoxy groups -OCH3 is 1. The third-order valence-electron chi connectivity index (χ3n) is 3.40. The first-order valence-electron chi connectivity index (χ1n) is 7.54. The van der Waals surface area contributed by atoms with Gasteiger partial charge in [-0.3, -0.25) is 10.1 Å². The summed E-state index contributed by atoms with van der Waals surface area (Å²) in [6.07, 6.45) is -0.601. The Kier molecular flexibility index (Phi) is 5.19. The fourth-order valence-electron chi connectivity index (χ4n) is 2.20. The van der Waals surface area contributed by atoms with Crippen molar-refractivity contribution in [1.82, 2.24) is 5.16 Å². The number of rotatable bonds is 4. The van der Waals surface area contributed by atoms with Crippen LogP contribution in [0.1, 0.15) is 10.5 Å². The molecule has 0 atom stereocenters. The summed E-state index contributed by atoms with van der Waals surface area (Å²) in [6.45, 7) is 0. The smallest absolute Gasteiger partial charge is 0.411 e. The molecule has 1 heterocycles. The molecule has 0 aliphatic carbocycles. The largest absolute Gasteiger partial charge is 0.453 e. The Morgan fingerprint density at radius 2 is 1.77 bits per heavy atom. The Bertz CT molecular complexity index is 955. The van der Waals surface area contributed by atoms with Crippen LogP contribution in [0.3, 0.4) is 0 Å². The van der Waals surface area contributed by atoms with Gasteiger partial charge in [-0.15, -0.1) is 0 Å². The molecule has 0 saturated carbocycles. The molecule has 0 aliphatic heterocycles. The number of halogens is 1. The van der Waals surface area contributed by atoms with Gasteiger partial charge in [-0.1, -0.05) is 35.0 Å². The molecule has 0 fully saturated rings. The van der Waals surface area contributed by atoms with Gasteiger partial charge < -0.3 is 14.6 Å². The van der Waals surface area contributed by atoms with E-state index in [1.807, 2.05) is 0 Å². The van der Waals surface area contributed by atoms with E-state index in [4.69, 9.17) is 16.1 Å². The molecule has 0 unspecified atom stereocenters. The van der Waals surface area contributed by atoms with Crippen molar-refractivity contribution in [3.05, 3.63) is 65.3 Å². The summed E-state index contributed by atoms with van der Waals surface area (Å²) in [7, 11) is 1.27. The first-order valence-corrected chi connectivity index (χ1v) is 7.92. The van der Waals surface area contributed by atoms with E-state index in [9.17, 15) is 9.59 Å². The minimum Gasteiger partial charge on any atom is -0.453 e. The van der Waals surface area contributed by atoms with Crippen LogP contribution in [-0.4, -0.2) is 24.3 Å². The van der Waals surface area contributed by atoms with Gasteiger partial charge >= 0.3 is 6.09 Å². The van der Waals surface area contributed by atoms with Crippen molar-refractivity contribution < 1.29 is 18.8 Å². The fourth-order valence-corrected chi connectivity index (χ4v) is 2.39. The second-order valence-corrected chi connectivity index (χ2v) is 5.67. The van der Waals surface area contributed by atoms with E-state index in [0.29, 0.717) is 27.7 Å². The number of carbonyl (C=O) groups excluding carboxylic acids is 2. The van der Waals surface area contributed by atoms with Gasteiger partial charge in [-0.2, -0.15) is 0 Å². The number of anilines is 2. The molecule has 2 N–H and O–H groups in total. The van der Waals surface area contributed by atoms with E-state index in [1.165, 1.54) is 13.2 Å². The number of ether oxygens (including phenoxy) is 1. The van der Waals surface area contributed by atoms with Gasteiger partial charge in [0.2, 0.25) is 0 Å². The molecule has 7 nitrogen and oxygen atoms in total. The second kappa shape index (κ2) is 7.71. The van der Waals surface area contributed by atoms with E-state index in [0.717, 1.165) is 0 Å². The minimum absolute atomic E-state index is 0.117. The van der Waals surface area contributed by atoms with Gasteiger partial charge in [0.25, 0.3) is 5.91 Å². The molecule has 26 heavy (non-hydrogen) atoms. The zero-order chi connectivity index (χ0) is 18.5. The van der Waals surface area contributed by atoms with Crippen molar-refractivity contribution in [1.29, 1.82) is 0 Å². The highest BCUT2D eigenvalue weighted by Gasteiger charge is 2.14. The maximum Gasteiger partial charge on any atom is 0.411 e. The predicted molar refractivity (Wildman–Crippen MR) is 97.4 cm³/mol. The molecule has 0 saturated heterocycles. The first kappa shape index (κ1) is 17.5. The van der Waals surface area contributed by atoms with E-state index >= 15 is 0 Å². The Hall–Kier alpha value is -3.32. The molecular formula is C18H14ClN3O4. The summed E-state index contributed by atoms with van der Waals surface area (Å²) < 4.78 is 9.74. The Balaban J connectivity index is 1.73. The van der Waals surface area contributed by atoms with Gasteiger partial charge in [0.15, 0.2) is 11.5 Å². The lowest BCUT2D eigenvalue weighted by Gasteiger charge is -2.07. The Labute approximate surface area is 153 Å². The van der Waals surface area contributed by atoms with Crippen LogP contribution < -0.4 is 10.6 Å². The lowest BCUT2D eigenvalue weighted by Crippen LogP contribution is -2.13. The second-order valence-electron chi connectivity index (χ2n) is 5.24. The third-order valence-corrected chi connectivity index (χ3v) is 3.64. The number of hydrogen-bond donors (Lipinski definition) is 2. The molecule has 3 rings (SSSR count). The maximum absolute atomic E-state index is 12.3. The van der Waals surface area contributed by atoms with Crippen molar-refractivity contribution in [2.75, 3.05) is 17.7 Å². The number of amides is 2. The maximum atomic E-state index is 12.3. The third kappa shape index (κ3) is 4.20. The number of carbonyl (C=O) groups is 2. The SMILES string of the molecule is COC(=O)Nc1cccc(NC(=O)c2cc(-c3cccc(Cl)c3)on2)c1. The van der Waals surface area contributed by atoms with Crippen LogP contribution in [0.15, 0.2) is 59.1 Å². The summed E-state index contributed by atoms with van der Waals surface area (Å²) in [5.41, 5.74) is 1.80. The van der Waals surface area contributed by atoms with E-state index in [2.05, 4.69) is 20.5 Å². The van der Waals surface area contributed by atoms with Gasteiger partial charge in [-0.05, 0) is 30.3 Å². The molecule has 0 radical (unpaired) electrons. The molecule has 0 aliphatic rings. The molecule has 8 heteroatoms. The van der Waals surface area contributed by atoms with Crippen LogP contribution in [0.2, 0.25) is 5.02 Å². The fraction of sp³-hybridized carbons (Fsp3) is 0.0556. The standard InChI is InChI=1S/C18H14ClN3O4/c1-25-18(24)21-14-7-3-6-13(9-14)20-17(23)15-10-16(26-22-15)11-4-2-5-12(19)8-11/h2-10H,1H3,(H,20,23)(H,21,24). The van der Waals surface area contributed by atoms with Crippen LogP contribution in [0.4, 0.5) is 16.2 Å². The van der Waals surface area contributed by atoms with Crippen molar-refractivity contribution in [3.63, 3.8) is 0 Å². The van der Waals surface area contributed by atoms with Crippen molar-refractivity contribution in [2.45, 2.75) is 0 Å². The number of hydrogen-bond acceptors (Lipinski definition) is 5. The van der Waals surface area contributed by atoms with Gasteiger partial charge in [-0.25, -0.2) is 4.79 Å². The zero-order valence-corrected chi connectivity index (χ0v) is 14.4. The lowest BCUT2D eigenvalue weighted by molar-refractivity contribution is 0.101. The van der Waals surface area contributed by atoms with E-state index < -0.39 is 12.0 Å². The monoisotopic (exact) mass is 371 g/mol. The Morgan fingerprint density at radius 3 is 2.50 bits per heavy atom. The molecule has 2 aromatic carbocycles. The Morgan fingerprint density at radius 1 is 1.04 bits per heavy atom. The molecule has 0 spiro atoms. The molecule has 2 amide bonds. The summed E-state index contributed by atoms with van der Waals surface area (Å²) in [6, 6.07) is 15.2. The van der Waals surface area contributed by atoms with Crippen molar-refractivity contribution in [2.24, 2.45) is 0 Å². The van der Waals surface area contributed by atoms with Gasteiger partial charge in [0, 0.05) is 28.0 Å². The van der Waals surface area contributed by atoms with Crippen LogP contribution >= 0.6 is 11.6 Å². The topological polar surface area (TPSA) is 93.5 Å². The number of aromatic nitrogens is 1. The average Bonchev–Trinajstić information content (AvgIpc) is 3.12. The molecule has 3 aromatic rings. The van der Waals surface area contributed by atoms with Crippen LogP contribution in [0.25, 0.3) is 11.3 Å². The quantitative estimate of drug-likeness (QED) is 0.707. The summed E-state index contributed by atoms with van der Waals surface area (Å²) in [4.78, 5) is 23.6. The lowest BCUT2D eigenvalue weighted by atomic mass is 10.1. The van der Waals surface area contributed by atoms with Gasteiger partial charge in [0.1, 0.15) is 0 Å². The molecule has 1 aromatic heterocycles. The molecular weight excluding hydrogens is 358 g/mol. The van der Waals surface area contributed by atoms with E-state index in [1.54, 1.807) is 48.5 Å². The highest BCUT2D eigenvalue weighted by molar-refractivity contribution is 6.30. The molecule has 0 bridgehead atoms. The highest BCUT2D eigenvalue weighted by atomic mass is 35.5. The van der Waals surface area contributed by atoms with E-state index in [-0.39, 0.29) is 5.69 Å². The average molecular weight is 372 g/mol.